The number of benzene rings is 1. The molecule has 19 heavy (non-hydrogen) atoms. The topological polar surface area (TPSA) is 41.1 Å². The molecule has 0 aliphatic heterocycles. The van der Waals surface area contributed by atoms with Gasteiger partial charge in [-0.15, -0.1) is 0 Å². The van der Waals surface area contributed by atoms with Gasteiger partial charge in [-0.25, -0.2) is 4.39 Å². The van der Waals surface area contributed by atoms with E-state index in [1.54, 1.807) is 12.1 Å². The molecule has 0 saturated heterocycles. The number of carbonyl (C=O) groups is 1. The number of hydrogen-bond donors (Lipinski definition) is 2. The Kier molecular flexibility index (Phi) is 6.50. The van der Waals surface area contributed by atoms with Gasteiger partial charge in [0.25, 0.3) is 0 Å². The summed E-state index contributed by atoms with van der Waals surface area (Å²) in [5.41, 5.74) is 0.964. The normalized spacial score (nSPS) is 12.5. The van der Waals surface area contributed by atoms with Gasteiger partial charge in [-0.05, 0) is 44.9 Å². The van der Waals surface area contributed by atoms with E-state index in [1.165, 1.54) is 6.07 Å². The Bertz CT molecular complexity index is 407. The molecule has 0 saturated carbocycles. The molecule has 0 spiro atoms. The zero-order chi connectivity index (χ0) is 14.3. The van der Waals surface area contributed by atoms with E-state index >= 15 is 0 Å². The average molecular weight is 266 g/mol. The van der Waals surface area contributed by atoms with Gasteiger partial charge in [0.2, 0.25) is 5.91 Å². The Hall–Kier alpha value is -1.42. The summed E-state index contributed by atoms with van der Waals surface area (Å²) in [5.74, 6) is -0.151. The summed E-state index contributed by atoms with van der Waals surface area (Å²) in [7, 11) is 0. The average Bonchev–Trinajstić information content (AvgIpc) is 2.27. The highest BCUT2D eigenvalue weighted by Gasteiger charge is 2.06. The molecule has 1 amide bonds. The van der Waals surface area contributed by atoms with Crippen molar-refractivity contribution in [3.63, 3.8) is 0 Å². The van der Waals surface area contributed by atoms with E-state index in [4.69, 9.17) is 0 Å². The molecular formula is C15H23FN2O. The van der Waals surface area contributed by atoms with Crippen molar-refractivity contribution < 1.29 is 9.18 Å². The summed E-state index contributed by atoms with van der Waals surface area (Å²) in [6, 6.07) is 7.01. The Morgan fingerprint density at radius 1 is 1.32 bits per heavy atom. The summed E-state index contributed by atoms with van der Waals surface area (Å²) in [6.07, 6.45) is 1.22. The van der Waals surface area contributed by atoms with Crippen LogP contribution in [0.1, 0.15) is 32.8 Å². The second-order valence-electron chi connectivity index (χ2n) is 5.16. The van der Waals surface area contributed by atoms with Crippen LogP contribution in [0.5, 0.6) is 0 Å². The van der Waals surface area contributed by atoms with Crippen LogP contribution in [0.15, 0.2) is 24.3 Å². The van der Waals surface area contributed by atoms with Gasteiger partial charge in [-0.1, -0.05) is 12.1 Å². The van der Waals surface area contributed by atoms with E-state index in [1.807, 2.05) is 26.8 Å². The first-order valence-electron chi connectivity index (χ1n) is 6.74. The molecule has 1 aromatic rings. The summed E-state index contributed by atoms with van der Waals surface area (Å²) < 4.78 is 13.0. The van der Waals surface area contributed by atoms with Crippen molar-refractivity contribution in [1.29, 1.82) is 0 Å². The molecule has 106 valence electrons. The number of hydrogen-bond acceptors (Lipinski definition) is 2. The number of halogens is 1. The Labute approximate surface area is 114 Å². The third kappa shape index (κ3) is 6.91. The zero-order valence-electron chi connectivity index (χ0n) is 11.9. The smallest absolute Gasteiger partial charge is 0.221 e. The Morgan fingerprint density at radius 3 is 2.68 bits per heavy atom. The van der Waals surface area contributed by atoms with Crippen molar-refractivity contribution in [1.82, 2.24) is 10.6 Å². The monoisotopic (exact) mass is 266 g/mol. The van der Waals surface area contributed by atoms with Gasteiger partial charge in [0.05, 0.1) is 0 Å². The van der Waals surface area contributed by atoms with Crippen molar-refractivity contribution >= 4 is 5.91 Å². The molecule has 0 heterocycles. The predicted molar refractivity (Wildman–Crippen MR) is 75.5 cm³/mol. The predicted octanol–water partition coefficient (Wildman–Crippen LogP) is 2.26. The fraction of sp³-hybridized carbons (Fsp3) is 0.533. The maximum atomic E-state index is 13.0. The molecular weight excluding hydrogens is 243 g/mol. The maximum Gasteiger partial charge on any atom is 0.221 e. The third-order valence-electron chi connectivity index (χ3n) is 2.73. The summed E-state index contributed by atoms with van der Waals surface area (Å²) in [5, 5.41) is 6.12. The second kappa shape index (κ2) is 7.89. The Morgan fingerprint density at radius 2 is 2.05 bits per heavy atom. The highest BCUT2D eigenvalue weighted by Crippen LogP contribution is 2.06. The lowest BCUT2D eigenvalue weighted by Crippen LogP contribution is -2.35. The van der Waals surface area contributed by atoms with Gasteiger partial charge >= 0.3 is 0 Å². The molecule has 1 aromatic carbocycles. The fourth-order valence-corrected chi connectivity index (χ4v) is 1.92. The van der Waals surface area contributed by atoms with Gasteiger partial charge in [0, 0.05) is 25.0 Å². The molecule has 0 aromatic heterocycles. The van der Waals surface area contributed by atoms with Crippen LogP contribution in [0, 0.1) is 5.82 Å². The number of rotatable bonds is 7. The highest BCUT2D eigenvalue weighted by molar-refractivity contribution is 5.76. The van der Waals surface area contributed by atoms with Crippen LogP contribution in [0.25, 0.3) is 0 Å². The van der Waals surface area contributed by atoms with Crippen LogP contribution >= 0.6 is 0 Å². The molecule has 0 aliphatic rings. The number of carbonyl (C=O) groups excluding carboxylic acids is 1. The molecule has 2 N–H and O–H groups in total. The number of amides is 1. The molecule has 0 aliphatic carbocycles. The molecule has 3 nitrogen and oxygen atoms in total. The highest BCUT2D eigenvalue weighted by atomic mass is 19.1. The van der Waals surface area contributed by atoms with Gasteiger partial charge < -0.3 is 10.6 Å². The quantitative estimate of drug-likeness (QED) is 0.795. The van der Waals surface area contributed by atoms with Crippen LogP contribution in [0.4, 0.5) is 4.39 Å². The van der Waals surface area contributed by atoms with Gasteiger partial charge in [0.1, 0.15) is 5.82 Å². The summed E-state index contributed by atoms with van der Waals surface area (Å²) in [4.78, 5) is 11.4. The molecule has 0 bridgehead atoms. The van der Waals surface area contributed by atoms with Crippen molar-refractivity contribution in [2.45, 2.75) is 45.7 Å². The lowest BCUT2D eigenvalue weighted by Gasteiger charge is -2.14. The van der Waals surface area contributed by atoms with Crippen LogP contribution in [-0.2, 0) is 11.2 Å². The van der Waals surface area contributed by atoms with E-state index in [0.29, 0.717) is 13.0 Å². The largest absolute Gasteiger partial charge is 0.354 e. The van der Waals surface area contributed by atoms with Crippen molar-refractivity contribution in [2.24, 2.45) is 0 Å². The lowest BCUT2D eigenvalue weighted by molar-refractivity contribution is -0.121. The first-order chi connectivity index (χ1) is 8.97. The van der Waals surface area contributed by atoms with Gasteiger partial charge in [-0.2, -0.15) is 0 Å². The summed E-state index contributed by atoms with van der Waals surface area (Å²) in [6.45, 7) is 6.55. The maximum absolute atomic E-state index is 13.0. The molecule has 1 unspecified atom stereocenters. The molecule has 0 fully saturated rings. The van der Waals surface area contributed by atoms with E-state index in [-0.39, 0.29) is 23.8 Å². The van der Waals surface area contributed by atoms with Crippen molar-refractivity contribution in [3.8, 4) is 0 Å². The molecule has 0 radical (unpaired) electrons. The summed E-state index contributed by atoms with van der Waals surface area (Å²) >= 11 is 0. The third-order valence-corrected chi connectivity index (χ3v) is 2.73. The minimum atomic E-state index is -0.207. The lowest BCUT2D eigenvalue weighted by atomic mass is 10.1. The van der Waals surface area contributed by atoms with Crippen LogP contribution in [-0.4, -0.2) is 24.5 Å². The van der Waals surface area contributed by atoms with E-state index in [2.05, 4.69) is 10.6 Å². The minimum absolute atomic E-state index is 0.0560. The van der Waals surface area contributed by atoms with Gasteiger partial charge in [0.15, 0.2) is 0 Å². The van der Waals surface area contributed by atoms with E-state index < -0.39 is 0 Å². The fourth-order valence-electron chi connectivity index (χ4n) is 1.92. The number of nitrogens with one attached hydrogen (secondary N) is 2. The van der Waals surface area contributed by atoms with E-state index in [9.17, 15) is 9.18 Å². The SMILES string of the molecule is CC(C)NC(=O)CCNC(C)Cc1cccc(F)c1. The molecule has 1 rings (SSSR count). The second-order valence-corrected chi connectivity index (χ2v) is 5.16. The van der Waals surface area contributed by atoms with E-state index in [0.717, 1.165) is 12.0 Å². The van der Waals surface area contributed by atoms with Crippen LogP contribution in [0.2, 0.25) is 0 Å². The Balaban J connectivity index is 2.25. The first kappa shape index (κ1) is 15.6. The van der Waals surface area contributed by atoms with Gasteiger partial charge in [-0.3, -0.25) is 4.79 Å². The zero-order valence-corrected chi connectivity index (χ0v) is 11.9. The van der Waals surface area contributed by atoms with Crippen molar-refractivity contribution in [3.05, 3.63) is 35.6 Å². The van der Waals surface area contributed by atoms with Crippen molar-refractivity contribution in [2.75, 3.05) is 6.54 Å². The first-order valence-corrected chi connectivity index (χ1v) is 6.74. The van der Waals surface area contributed by atoms with Crippen LogP contribution < -0.4 is 10.6 Å². The minimum Gasteiger partial charge on any atom is -0.354 e. The van der Waals surface area contributed by atoms with Crippen LogP contribution in [0.3, 0.4) is 0 Å². The molecule has 4 heteroatoms. The molecule has 1 atom stereocenters. The standard InChI is InChI=1S/C15H23FN2O/c1-11(2)18-15(19)7-8-17-12(3)9-13-5-4-6-14(16)10-13/h4-6,10-12,17H,7-9H2,1-3H3,(H,18,19).